The minimum Gasteiger partial charge on any atom is -0.373 e. The van der Waals surface area contributed by atoms with Crippen LogP contribution in [0.3, 0.4) is 0 Å². The van der Waals surface area contributed by atoms with Crippen LogP contribution in [-0.4, -0.2) is 12.9 Å². The van der Waals surface area contributed by atoms with Crippen molar-refractivity contribution in [1.29, 1.82) is 0 Å². The molecule has 92 valence electrons. The highest BCUT2D eigenvalue weighted by atomic mass is 16.5. The number of unbranched alkanes of at least 4 members (excludes halogenated alkanes) is 3. The predicted molar refractivity (Wildman–Crippen MR) is 69.8 cm³/mol. The third kappa shape index (κ3) is 7.47. The van der Waals surface area contributed by atoms with E-state index in [2.05, 4.69) is 18.2 Å². The van der Waals surface area contributed by atoms with Gasteiger partial charge >= 0.3 is 0 Å². The summed E-state index contributed by atoms with van der Waals surface area (Å²) in [7, 11) is 0. The number of hydrogen-bond acceptors (Lipinski definition) is 2. The Kier molecular flexibility index (Phi) is 7.86. The van der Waals surface area contributed by atoms with Crippen molar-refractivity contribution >= 4 is 6.29 Å². The molecule has 2 nitrogen and oxygen atoms in total. The molecule has 0 atom stereocenters. The van der Waals surface area contributed by atoms with E-state index in [0.717, 1.165) is 25.5 Å². The van der Waals surface area contributed by atoms with E-state index in [4.69, 9.17) is 4.74 Å². The molecule has 0 N–H and O–H groups in total. The van der Waals surface area contributed by atoms with E-state index in [-0.39, 0.29) is 0 Å². The Morgan fingerprint density at radius 3 is 2.53 bits per heavy atom. The summed E-state index contributed by atoms with van der Waals surface area (Å²) in [6, 6.07) is 10.2. The first-order chi connectivity index (χ1) is 8.43. The third-order valence-corrected chi connectivity index (χ3v) is 2.44. The van der Waals surface area contributed by atoms with E-state index >= 15 is 0 Å². The van der Waals surface area contributed by atoms with Crippen LogP contribution >= 0.6 is 0 Å². The van der Waals surface area contributed by atoms with Crippen LogP contribution in [0.4, 0.5) is 0 Å². The minimum absolute atomic E-state index is 0.655. The first-order valence-corrected chi connectivity index (χ1v) is 6.14. The summed E-state index contributed by atoms with van der Waals surface area (Å²) in [6.45, 7) is 1.32. The van der Waals surface area contributed by atoms with E-state index < -0.39 is 0 Å². The maximum Gasteiger partial charge on any atom is 0.119 e. The summed E-state index contributed by atoms with van der Waals surface area (Å²) in [4.78, 5) is 10.1. The molecule has 1 aromatic rings. The van der Waals surface area contributed by atoms with Crippen LogP contribution in [0, 0.1) is 0 Å². The molecule has 0 radical (unpaired) electrons. The zero-order valence-corrected chi connectivity index (χ0v) is 10.2. The molecule has 0 aromatic heterocycles. The summed E-state index contributed by atoms with van der Waals surface area (Å²) in [5.74, 6) is 0. The lowest BCUT2D eigenvalue weighted by atomic mass is 10.2. The molecule has 1 aromatic carbocycles. The third-order valence-electron chi connectivity index (χ3n) is 2.44. The van der Waals surface area contributed by atoms with Gasteiger partial charge in [0.15, 0.2) is 0 Å². The van der Waals surface area contributed by atoms with Gasteiger partial charge in [0.25, 0.3) is 0 Å². The van der Waals surface area contributed by atoms with Crippen LogP contribution < -0.4 is 0 Å². The second-order valence-corrected chi connectivity index (χ2v) is 3.92. The molecule has 0 saturated carbocycles. The number of carbonyl (C=O) groups excluding carboxylic acids is 1. The molecule has 0 aliphatic carbocycles. The van der Waals surface area contributed by atoms with Gasteiger partial charge in [0, 0.05) is 6.42 Å². The van der Waals surface area contributed by atoms with Gasteiger partial charge in [-0.3, -0.25) is 0 Å². The minimum atomic E-state index is 0.655. The smallest absolute Gasteiger partial charge is 0.119 e. The monoisotopic (exact) mass is 232 g/mol. The second kappa shape index (κ2) is 9.79. The molecule has 2 heteroatoms. The Bertz CT molecular complexity index is 317. The quantitative estimate of drug-likeness (QED) is 0.370. The van der Waals surface area contributed by atoms with Crippen molar-refractivity contribution in [2.24, 2.45) is 0 Å². The number of carbonyl (C=O) groups is 1. The van der Waals surface area contributed by atoms with Crippen LogP contribution in [-0.2, 0) is 16.1 Å². The molecule has 0 heterocycles. The molecule has 0 spiro atoms. The molecule has 0 fully saturated rings. The number of aldehydes is 1. The summed E-state index contributed by atoms with van der Waals surface area (Å²) >= 11 is 0. The zero-order valence-electron chi connectivity index (χ0n) is 10.2. The standard InChI is InChI=1S/C15H20O2/c16-12-8-3-1-2-4-9-13-17-14-15-10-6-5-7-11-15/h4-7,9-12H,1-3,8,13-14H2/b9-4+. The van der Waals surface area contributed by atoms with E-state index in [0.29, 0.717) is 19.6 Å². The molecule has 1 rings (SSSR count). The molecule has 0 unspecified atom stereocenters. The SMILES string of the molecule is O=CCCCC/C=C/COCc1ccccc1. The van der Waals surface area contributed by atoms with Gasteiger partial charge in [-0.15, -0.1) is 0 Å². The fourth-order valence-electron chi connectivity index (χ4n) is 1.49. The Morgan fingerprint density at radius 2 is 1.76 bits per heavy atom. The van der Waals surface area contributed by atoms with Gasteiger partial charge in [-0.1, -0.05) is 42.5 Å². The van der Waals surface area contributed by atoms with Gasteiger partial charge in [0.1, 0.15) is 6.29 Å². The number of rotatable bonds is 9. The van der Waals surface area contributed by atoms with E-state index in [1.807, 2.05) is 24.3 Å². The second-order valence-electron chi connectivity index (χ2n) is 3.92. The van der Waals surface area contributed by atoms with Crippen molar-refractivity contribution in [1.82, 2.24) is 0 Å². The highest BCUT2D eigenvalue weighted by Gasteiger charge is 1.89. The van der Waals surface area contributed by atoms with Gasteiger partial charge in [0.05, 0.1) is 13.2 Å². The number of allylic oxidation sites excluding steroid dienone is 1. The van der Waals surface area contributed by atoms with Crippen molar-refractivity contribution in [2.45, 2.75) is 32.3 Å². The largest absolute Gasteiger partial charge is 0.373 e. The maximum absolute atomic E-state index is 10.1. The Balaban J connectivity index is 1.97. The fourth-order valence-corrected chi connectivity index (χ4v) is 1.49. The lowest BCUT2D eigenvalue weighted by molar-refractivity contribution is -0.107. The summed E-state index contributed by atoms with van der Waals surface area (Å²) in [6.07, 6.45) is 8.92. The number of ether oxygens (including phenoxy) is 1. The fraction of sp³-hybridized carbons (Fsp3) is 0.400. The molecule has 0 saturated heterocycles. The van der Waals surface area contributed by atoms with E-state index in [1.165, 1.54) is 5.56 Å². The number of hydrogen-bond donors (Lipinski definition) is 0. The van der Waals surface area contributed by atoms with Gasteiger partial charge < -0.3 is 9.53 Å². The van der Waals surface area contributed by atoms with Gasteiger partial charge in [-0.2, -0.15) is 0 Å². The van der Waals surface area contributed by atoms with Crippen LogP contribution in [0.5, 0.6) is 0 Å². The van der Waals surface area contributed by atoms with Crippen LogP contribution in [0.2, 0.25) is 0 Å². The lowest BCUT2D eigenvalue weighted by Crippen LogP contribution is -1.92. The predicted octanol–water partition coefficient (Wildman–Crippen LogP) is 3.52. The van der Waals surface area contributed by atoms with Gasteiger partial charge in [-0.05, 0) is 24.8 Å². The lowest BCUT2D eigenvalue weighted by Gasteiger charge is -2.00. The van der Waals surface area contributed by atoms with E-state index in [1.54, 1.807) is 0 Å². The average molecular weight is 232 g/mol. The summed E-state index contributed by atoms with van der Waals surface area (Å²) < 4.78 is 5.50. The summed E-state index contributed by atoms with van der Waals surface area (Å²) in [5.41, 5.74) is 1.20. The zero-order chi connectivity index (χ0) is 12.2. The van der Waals surface area contributed by atoms with Crippen LogP contribution in [0.1, 0.15) is 31.2 Å². The average Bonchev–Trinajstić information content (AvgIpc) is 2.38. The first kappa shape index (κ1) is 13.7. The van der Waals surface area contributed by atoms with Gasteiger partial charge in [0.2, 0.25) is 0 Å². The van der Waals surface area contributed by atoms with Crippen molar-refractivity contribution in [3.8, 4) is 0 Å². The molecule has 0 aliphatic heterocycles. The molecular weight excluding hydrogens is 212 g/mol. The maximum atomic E-state index is 10.1. The Labute approximate surface area is 103 Å². The van der Waals surface area contributed by atoms with Gasteiger partial charge in [-0.25, -0.2) is 0 Å². The molecule has 0 aliphatic rings. The van der Waals surface area contributed by atoms with E-state index in [9.17, 15) is 4.79 Å². The highest BCUT2D eigenvalue weighted by Crippen LogP contribution is 2.01. The normalized spacial score (nSPS) is 10.8. The van der Waals surface area contributed by atoms with Crippen LogP contribution in [0.15, 0.2) is 42.5 Å². The van der Waals surface area contributed by atoms with Crippen molar-refractivity contribution < 1.29 is 9.53 Å². The summed E-state index contributed by atoms with van der Waals surface area (Å²) in [5, 5.41) is 0. The van der Waals surface area contributed by atoms with Crippen LogP contribution in [0.25, 0.3) is 0 Å². The topological polar surface area (TPSA) is 26.3 Å². The molecule has 17 heavy (non-hydrogen) atoms. The Morgan fingerprint density at radius 1 is 1.00 bits per heavy atom. The van der Waals surface area contributed by atoms with Crippen molar-refractivity contribution in [3.05, 3.63) is 48.0 Å². The molecule has 0 bridgehead atoms. The Hall–Kier alpha value is -1.41. The number of benzene rings is 1. The molecular formula is C15H20O2. The van der Waals surface area contributed by atoms with Crippen molar-refractivity contribution in [2.75, 3.05) is 6.61 Å². The first-order valence-electron chi connectivity index (χ1n) is 6.14. The highest BCUT2D eigenvalue weighted by molar-refractivity contribution is 5.48. The molecule has 0 amide bonds. The van der Waals surface area contributed by atoms with Crippen molar-refractivity contribution in [3.63, 3.8) is 0 Å².